The molecule has 0 saturated carbocycles. The molecular formula is C19H21FN2O3. The molecule has 0 aliphatic carbocycles. The number of carbonyl (C=O) groups excluding carboxylic acids is 2. The van der Waals surface area contributed by atoms with Gasteiger partial charge >= 0.3 is 0 Å². The zero-order chi connectivity index (χ0) is 18.0. The summed E-state index contributed by atoms with van der Waals surface area (Å²) in [5, 5.41) is 0. The monoisotopic (exact) mass is 344 g/mol. The summed E-state index contributed by atoms with van der Waals surface area (Å²) in [7, 11) is 3.42. The highest BCUT2D eigenvalue weighted by Gasteiger charge is 2.40. The lowest BCUT2D eigenvalue weighted by molar-refractivity contribution is -0.146. The van der Waals surface area contributed by atoms with Gasteiger partial charge in [-0.1, -0.05) is 12.1 Å². The van der Waals surface area contributed by atoms with Gasteiger partial charge in [-0.25, -0.2) is 4.39 Å². The number of furan rings is 1. The Bertz CT molecular complexity index is 743. The second kappa shape index (κ2) is 7.09. The van der Waals surface area contributed by atoms with Crippen molar-refractivity contribution in [3.63, 3.8) is 0 Å². The summed E-state index contributed by atoms with van der Waals surface area (Å²) < 4.78 is 18.6. The maximum Gasteiger partial charge on any atom is 0.228 e. The predicted molar refractivity (Wildman–Crippen MR) is 89.8 cm³/mol. The van der Waals surface area contributed by atoms with Crippen LogP contribution in [0.25, 0.3) is 0 Å². The Kier molecular flexibility index (Phi) is 4.88. The average molecular weight is 344 g/mol. The smallest absolute Gasteiger partial charge is 0.228 e. The highest BCUT2D eigenvalue weighted by atomic mass is 19.1. The van der Waals surface area contributed by atoms with Gasteiger partial charge in [0, 0.05) is 20.5 Å². The molecule has 0 unspecified atom stereocenters. The van der Waals surface area contributed by atoms with Crippen molar-refractivity contribution >= 4 is 11.8 Å². The Morgan fingerprint density at radius 3 is 2.68 bits per heavy atom. The first-order chi connectivity index (χ1) is 12.0. The van der Waals surface area contributed by atoms with Crippen molar-refractivity contribution in [2.45, 2.75) is 25.4 Å². The number of halogens is 1. The fourth-order valence-electron chi connectivity index (χ4n) is 3.41. The van der Waals surface area contributed by atoms with Gasteiger partial charge in [0.25, 0.3) is 0 Å². The van der Waals surface area contributed by atoms with Gasteiger partial charge in [-0.15, -0.1) is 0 Å². The predicted octanol–water partition coefficient (Wildman–Crippen LogP) is 2.99. The van der Waals surface area contributed by atoms with Gasteiger partial charge in [-0.3, -0.25) is 9.59 Å². The molecule has 0 N–H and O–H groups in total. The van der Waals surface area contributed by atoms with Crippen LogP contribution in [-0.4, -0.2) is 35.7 Å². The fraction of sp³-hybridized carbons (Fsp3) is 0.368. The minimum absolute atomic E-state index is 0.00735. The standard InChI is InChI=1S/C19H21FN2O3/c1-21(12-15-4-3-11-25-15)19(24)16-9-10-17(23)22(2)18(16)13-5-7-14(20)8-6-13/h3-8,11,16,18H,9-10,12H2,1-2H3/t16-,18-/m1/s1. The Labute approximate surface area is 146 Å². The SMILES string of the molecule is CN(Cc1ccco1)C(=O)[C@@H]1CCC(=O)N(C)[C@@H]1c1ccc(F)cc1. The second-order valence-corrected chi connectivity index (χ2v) is 6.42. The molecule has 2 atom stereocenters. The maximum atomic E-state index is 13.3. The lowest BCUT2D eigenvalue weighted by Crippen LogP contribution is -2.46. The summed E-state index contributed by atoms with van der Waals surface area (Å²) in [6.07, 6.45) is 2.38. The van der Waals surface area contributed by atoms with Crippen LogP contribution in [0.2, 0.25) is 0 Å². The summed E-state index contributed by atoms with van der Waals surface area (Å²) in [6, 6.07) is 9.20. The van der Waals surface area contributed by atoms with Crippen molar-refractivity contribution < 1.29 is 18.4 Å². The molecule has 1 aliphatic rings. The van der Waals surface area contributed by atoms with Crippen LogP contribution in [0.5, 0.6) is 0 Å². The third kappa shape index (κ3) is 3.57. The van der Waals surface area contributed by atoms with E-state index in [9.17, 15) is 14.0 Å². The number of hydrogen-bond acceptors (Lipinski definition) is 3. The number of nitrogens with zero attached hydrogens (tertiary/aromatic N) is 2. The quantitative estimate of drug-likeness (QED) is 0.857. The van der Waals surface area contributed by atoms with E-state index < -0.39 is 6.04 Å². The van der Waals surface area contributed by atoms with Gasteiger partial charge in [0.05, 0.1) is 24.8 Å². The summed E-state index contributed by atoms with van der Waals surface area (Å²) in [5.41, 5.74) is 0.765. The van der Waals surface area contributed by atoms with Gasteiger partial charge < -0.3 is 14.2 Å². The van der Waals surface area contributed by atoms with Gasteiger partial charge in [-0.2, -0.15) is 0 Å². The molecule has 5 nitrogen and oxygen atoms in total. The number of amides is 2. The lowest BCUT2D eigenvalue weighted by atomic mass is 9.83. The van der Waals surface area contributed by atoms with Crippen molar-refractivity contribution in [1.82, 2.24) is 9.80 Å². The zero-order valence-corrected chi connectivity index (χ0v) is 14.3. The normalized spacial score (nSPS) is 20.6. The molecule has 2 heterocycles. The number of piperidine rings is 1. The molecule has 1 fully saturated rings. The number of carbonyl (C=O) groups is 2. The highest BCUT2D eigenvalue weighted by molar-refractivity contribution is 5.84. The highest BCUT2D eigenvalue weighted by Crippen LogP contribution is 2.37. The van der Waals surface area contributed by atoms with E-state index in [1.165, 1.54) is 12.1 Å². The van der Waals surface area contributed by atoms with E-state index in [4.69, 9.17) is 4.42 Å². The third-order valence-electron chi connectivity index (χ3n) is 4.74. The number of benzene rings is 1. The van der Waals surface area contributed by atoms with Crippen molar-refractivity contribution in [2.24, 2.45) is 5.92 Å². The minimum Gasteiger partial charge on any atom is -0.467 e. The first kappa shape index (κ1) is 17.2. The molecule has 0 spiro atoms. The zero-order valence-electron chi connectivity index (χ0n) is 14.3. The minimum atomic E-state index is -0.395. The van der Waals surface area contributed by atoms with Crippen molar-refractivity contribution in [1.29, 1.82) is 0 Å². The topological polar surface area (TPSA) is 53.8 Å². The summed E-state index contributed by atoms with van der Waals surface area (Å²) in [4.78, 5) is 28.4. The van der Waals surface area contributed by atoms with Gasteiger partial charge in [-0.05, 0) is 36.2 Å². The van der Waals surface area contributed by atoms with E-state index >= 15 is 0 Å². The number of likely N-dealkylation sites (tertiary alicyclic amines) is 1. The average Bonchev–Trinajstić information content (AvgIpc) is 3.10. The fourth-order valence-corrected chi connectivity index (χ4v) is 3.41. The van der Waals surface area contributed by atoms with Crippen LogP contribution in [0.1, 0.15) is 30.2 Å². The number of rotatable bonds is 4. The van der Waals surface area contributed by atoms with Crippen LogP contribution < -0.4 is 0 Å². The van der Waals surface area contributed by atoms with Crippen LogP contribution in [0.15, 0.2) is 47.1 Å². The Hall–Kier alpha value is -2.63. The van der Waals surface area contributed by atoms with Gasteiger partial charge in [0.2, 0.25) is 11.8 Å². The van der Waals surface area contributed by atoms with E-state index in [0.29, 0.717) is 25.1 Å². The molecule has 0 radical (unpaired) electrons. The molecular weight excluding hydrogens is 323 g/mol. The molecule has 2 aromatic rings. The first-order valence-corrected chi connectivity index (χ1v) is 8.26. The Morgan fingerprint density at radius 2 is 2.04 bits per heavy atom. The van der Waals surface area contributed by atoms with E-state index in [1.54, 1.807) is 48.4 Å². The van der Waals surface area contributed by atoms with Gasteiger partial charge in [0.15, 0.2) is 0 Å². The van der Waals surface area contributed by atoms with Crippen LogP contribution >= 0.6 is 0 Å². The maximum absolute atomic E-state index is 13.3. The first-order valence-electron chi connectivity index (χ1n) is 8.26. The Morgan fingerprint density at radius 1 is 1.32 bits per heavy atom. The van der Waals surface area contributed by atoms with Crippen molar-refractivity contribution in [2.75, 3.05) is 14.1 Å². The van der Waals surface area contributed by atoms with E-state index in [1.807, 2.05) is 6.07 Å². The van der Waals surface area contributed by atoms with Crippen molar-refractivity contribution in [3.8, 4) is 0 Å². The van der Waals surface area contributed by atoms with Gasteiger partial charge in [0.1, 0.15) is 11.6 Å². The van der Waals surface area contributed by atoms with E-state index in [0.717, 1.165) is 5.56 Å². The van der Waals surface area contributed by atoms with Crippen LogP contribution in [0.4, 0.5) is 4.39 Å². The van der Waals surface area contributed by atoms with Crippen LogP contribution in [0, 0.1) is 11.7 Å². The van der Waals surface area contributed by atoms with E-state index in [2.05, 4.69) is 0 Å². The summed E-state index contributed by atoms with van der Waals surface area (Å²) >= 11 is 0. The third-order valence-corrected chi connectivity index (χ3v) is 4.74. The largest absolute Gasteiger partial charge is 0.467 e. The van der Waals surface area contributed by atoms with E-state index in [-0.39, 0.29) is 23.5 Å². The molecule has 1 aliphatic heterocycles. The number of hydrogen-bond donors (Lipinski definition) is 0. The molecule has 6 heteroatoms. The molecule has 1 aromatic heterocycles. The lowest BCUT2D eigenvalue weighted by Gasteiger charge is -2.39. The van der Waals surface area contributed by atoms with Crippen molar-refractivity contribution in [3.05, 3.63) is 59.8 Å². The molecule has 0 bridgehead atoms. The molecule has 3 rings (SSSR count). The second-order valence-electron chi connectivity index (χ2n) is 6.42. The molecule has 1 aromatic carbocycles. The molecule has 132 valence electrons. The van der Waals surface area contributed by atoms with Crippen LogP contribution in [-0.2, 0) is 16.1 Å². The molecule has 1 saturated heterocycles. The summed E-state index contributed by atoms with van der Waals surface area (Å²) in [5.74, 6) is -0.0639. The molecule has 25 heavy (non-hydrogen) atoms. The van der Waals surface area contributed by atoms with Crippen LogP contribution in [0.3, 0.4) is 0 Å². The Balaban J connectivity index is 1.84. The molecule has 2 amide bonds. The summed E-state index contributed by atoms with van der Waals surface area (Å²) in [6.45, 7) is 0.371.